The number of para-hydroxylation sites is 3. The summed E-state index contributed by atoms with van der Waals surface area (Å²) < 4.78 is 29.8. The van der Waals surface area contributed by atoms with Gasteiger partial charge in [0.05, 0.1) is 33.8 Å². The summed E-state index contributed by atoms with van der Waals surface area (Å²) in [6.07, 6.45) is 0. The third-order valence-electron chi connectivity index (χ3n) is 7.01. The normalized spacial score (nSPS) is 15.5. The lowest BCUT2D eigenvalue weighted by Gasteiger charge is -2.40. The second kappa shape index (κ2) is 9.43. The number of anilines is 2. The van der Waals surface area contributed by atoms with Crippen LogP contribution in [0.1, 0.15) is 22.9 Å². The van der Waals surface area contributed by atoms with Gasteiger partial charge in [-0.2, -0.15) is 5.10 Å². The van der Waals surface area contributed by atoms with Crippen LogP contribution in [0.25, 0.3) is 5.69 Å². The number of rotatable bonds is 3. The topological polar surface area (TPSA) is 57.8 Å². The van der Waals surface area contributed by atoms with E-state index in [4.69, 9.17) is 26.7 Å². The molecule has 2 aliphatic heterocycles. The molecule has 0 saturated carbocycles. The molecule has 3 heterocycles. The molecule has 196 valence electrons. The molecule has 0 spiro atoms. The lowest BCUT2D eigenvalue weighted by molar-refractivity contribution is 0.626. The molecule has 2 aliphatic rings. The number of nitrogens with zero attached hydrogens (tertiary/aromatic N) is 5. The average molecular weight is 551 g/mol. The molecule has 0 bridgehead atoms. The highest BCUT2D eigenvalue weighted by Gasteiger charge is 2.41. The van der Waals surface area contributed by atoms with Crippen LogP contribution in [0.4, 0.5) is 31.7 Å². The second-order valence-corrected chi connectivity index (χ2v) is 9.94. The summed E-state index contributed by atoms with van der Waals surface area (Å²) in [5, 5.41) is 8.19. The van der Waals surface area contributed by atoms with Crippen LogP contribution >= 0.6 is 11.6 Å². The van der Waals surface area contributed by atoms with Crippen molar-refractivity contribution in [1.82, 2.24) is 9.78 Å². The van der Waals surface area contributed by atoms with Gasteiger partial charge < -0.3 is 10.2 Å². The first kappa shape index (κ1) is 24.2. The van der Waals surface area contributed by atoms with E-state index in [1.807, 2.05) is 66.2 Å². The first-order valence-electron chi connectivity index (χ1n) is 12.7. The van der Waals surface area contributed by atoms with Crippen LogP contribution in [0, 0.1) is 18.6 Å². The second-order valence-electron chi connectivity index (χ2n) is 9.53. The van der Waals surface area contributed by atoms with Gasteiger partial charge in [-0.15, -0.1) is 0 Å². The summed E-state index contributed by atoms with van der Waals surface area (Å²) in [6, 6.07) is 28.1. The molecular weight excluding hydrogens is 530 g/mol. The Bertz CT molecular complexity index is 1830. The van der Waals surface area contributed by atoms with Crippen molar-refractivity contribution in [3.8, 4) is 5.69 Å². The van der Waals surface area contributed by atoms with E-state index >= 15 is 0 Å². The summed E-state index contributed by atoms with van der Waals surface area (Å²) in [5.74, 6) is 0.815. The Balaban J connectivity index is 1.49. The number of aromatic nitrogens is 2. The smallest absolute Gasteiger partial charge is 0.179 e. The first-order chi connectivity index (χ1) is 19.5. The first-order valence-corrected chi connectivity index (χ1v) is 13.0. The molecule has 0 amide bonds. The van der Waals surface area contributed by atoms with Gasteiger partial charge in [0.1, 0.15) is 11.6 Å². The fourth-order valence-corrected chi connectivity index (χ4v) is 5.40. The van der Waals surface area contributed by atoms with Crippen molar-refractivity contribution >= 4 is 46.2 Å². The van der Waals surface area contributed by atoms with Gasteiger partial charge >= 0.3 is 0 Å². The minimum Gasteiger partial charge on any atom is -0.337 e. The molecule has 6 nitrogen and oxygen atoms in total. The molecule has 9 heteroatoms. The number of nitrogens with one attached hydrogen (secondary N) is 1. The zero-order valence-electron chi connectivity index (χ0n) is 21.2. The Kier molecular flexibility index (Phi) is 5.71. The monoisotopic (exact) mass is 550 g/mol. The molecule has 1 N–H and O–H groups in total. The zero-order chi connectivity index (χ0) is 27.4. The van der Waals surface area contributed by atoms with Crippen molar-refractivity contribution in [1.29, 1.82) is 0 Å². The standard InChI is InChI=1S/C31H21ClF2N6/c1-18-27-28(19-11-13-20(33)14-12-19)39-26-10-6-5-9-25(26)36-29(35-21-15-16-24(34)23(32)17-21)31(39)37-30(27)40(38-18)22-7-3-2-4-8-22/h2-17,28H,1H3,(H,35,36)/t28-/m0/s1. The van der Waals surface area contributed by atoms with E-state index in [1.165, 1.54) is 24.3 Å². The van der Waals surface area contributed by atoms with Gasteiger partial charge in [-0.1, -0.05) is 54.1 Å². The highest BCUT2D eigenvalue weighted by atomic mass is 35.5. The summed E-state index contributed by atoms with van der Waals surface area (Å²) in [5.41, 5.74) is 5.55. The van der Waals surface area contributed by atoms with Gasteiger partial charge in [-0.25, -0.2) is 23.4 Å². The molecule has 0 unspecified atom stereocenters. The Labute approximate surface area is 233 Å². The number of hydrogen-bond acceptors (Lipinski definition) is 5. The van der Waals surface area contributed by atoms with Gasteiger partial charge in [0.2, 0.25) is 0 Å². The summed E-state index contributed by atoms with van der Waals surface area (Å²) >= 11 is 6.09. The van der Waals surface area contributed by atoms with Crippen molar-refractivity contribution < 1.29 is 8.78 Å². The maximum absolute atomic E-state index is 14.1. The van der Waals surface area contributed by atoms with Gasteiger partial charge in [-0.05, 0) is 67.1 Å². The number of aryl methyl sites for hydroxylation is 1. The molecule has 1 atom stereocenters. The van der Waals surface area contributed by atoms with Crippen LogP contribution in [0.2, 0.25) is 5.02 Å². The maximum Gasteiger partial charge on any atom is 0.179 e. The highest BCUT2D eigenvalue weighted by molar-refractivity contribution is 6.51. The van der Waals surface area contributed by atoms with Crippen molar-refractivity contribution in [2.24, 2.45) is 9.98 Å². The molecule has 7 rings (SSSR count). The van der Waals surface area contributed by atoms with Crippen LogP contribution < -0.4 is 10.2 Å². The molecule has 0 radical (unpaired) electrons. The number of aliphatic imine (C=N–C) groups is 2. The van der Waals surface area contributed by atoms with E-state index in [0.29, 0.717) is 23.2 Å². The highest BCUT2D eigenvalue weighted by Crippen LogP contribution is 2.48. The number of hydrogen-bond donors (Lipinski definition) is 1. The SMILES string of the molecule is Cc1nn(-c2ccccc2)c2c1[C@H](c1ccc(F)cc1)N1C(=N2)C(Nc2ccc(F)c(Cl)c2)=Nc2ccccc21. The van der Waals surface area contributed by atoms with Crippen LogP contribution in [0.3, 0.4) is 0 Å². The van der Waals surface area contributed by atoms with Gasteiger partial charge in [0, 0.05) is 11.3 Å². The molecule has 40 heavy (non-hydrogen) atoms. The number of halogens is 3. The van der Waals surface area contributed by atoms with E-state index in [0.717, 1.165) is 33.9 Å². The Morgan fingerprint density at radius 3 is 2.38 bits per heavy atom. The molecule has 0 saturated heterocycles. The van der Waals surface area contributed by atoms with Crippen molar-refractivity contribution in [2.75, 3.05) is 10.2 Å². The predicted octanol–water partition coefficient (Wildman–Crippen LogP) is 7.91. The minimum atomic E-state index is -0.511. The number of amidine groups is 2. The van der Waals surface area contributed by atoms with Crippen molar-refractivity contribution in [3.63, 3.8) is 0 Å². The Morgan fingerprint density at radius 1 is 0.850 bits per heavy atom. The van der Waals surface area contributed by atoms with Crippen LogP contribution in [-0.2, 0) is 0 Å². The molecular formula is C31H21ClF2N6. The summed E-state index contributed by atoms with van der Waals surface area (Å²) in [6.45, 7) is 1.96. The quantitative estimate of drug-likeness (QED) is 0.248. The third-order valence-corrected chi connectivity index (χ3v) is 7.30. The van der Waals surface area contributed by atoms with Crippen molar-refractivity contribution in [3.05, 3.63) is 131 Å². The molecule has 0 aliphatic carbocycles. The van der Waals surface area contributed by atoms with E-state index in [-0.39, 0.29) is 16.9 Å². The largest absolute Gasteiger partial charge is 0.337 e. The lowest BCUT2D eigenvalue weighted by atomic mass is 9.93. The maximum atomic E-state index is 14.1. The third kappa shape index (κ3) is 3.96. The molecule has 1 aromatic heterocycles. The molecule has 4 aromatic carbocycles. The predicted molar refractivity (Wildman–Crippen MR) is 155 cm³/mol. The van der Waals surface area contributed by atoms with E-state index in [9.17, 15) is 8.78 Å². The van der Waals surface area contributed by atoms with E-state index in [2.05, 4.69) is 10.2 Å². The molecule has 5 aromatic rings. The number of fused-ring (bicyclic) bond motifs is 4. The Hall–Kier alpha value is -4.82. The molecule has 0 fully saturated rings. The van der Waals surface area contributed by atoms with Gasteiger partial charge in [-0.3, -0.25) is 0 Å². The van der Waals surface area contributed by atoms with E-state index < -0.39 is 5.82 Å². The van der Waals surface area contributed by atoms with Gasteiger partial charge in [0.15, 0.2) is 17.5 Å². The van der Waals surface area contributed by atoms with E-state index in [1.54, 1.807) is 18.2 Å². The average Bonchev–Trinajstić information content (AvgIpc) is 3.31. The Morgan fingerprint density at radius 2 is 1.60 bits per heavy atom. The fourth-order valence-electron chi connectivity index (χ4n) is 5.22. The number of benzene rings is 4. The minimum absolute atomic E-state index is 0.00602. The summed E-state index contributed by atoms with van der Waals surface area (Å²) in [4.78, 5) is 12.1. The van der Waals surface area contributed by atoms with Crippen molar-refractivity contribution in [2.45, 2.75) is 13.0 Å². The van der Waals surface area contributed by atoms with Crippen LogP contribution in [-0.4, -0.2) is 21.5 Å². The zero-order valence-corrected chi connectivity index (χ0v) is 21.9. The van der Waals surface area contributed by atoms with Gasteiger partial charge in [0.25, 0.3) is 0 Å². The van der Waals surface area contributed by atoms with Crippen LogP contribution in [0.5, 0.6) is 0 Å². The fraction of sp³-hybridized carbons (Fsp3) is 0.0645. The summed E-state index contributed by atoms with van der Waals surface area (Å²) in [7, 11) is 0. The lowest BCUT2D eigenvalue weighted by Crippen LogP contribution is -2.46. The van der Waals surface area contributed by atoms with Crippen LogP contribution in [0.15, 0.2) is 107 Å².